The molecule has 1 aromatic carbocycles. The number of halogens is 1. The monoisotopic (exact) mass is 270 g/mol. The number of para-hydroxylation sites is 1. The molecule has 0 radical (unpaired) electrons. The zero-order valence-corrected chi connectivity index (χ0v) is 9.68. The summed E-state index contributed by atoms with van der Waals surface area (Å²) in [6.07, 6.45) is 0. The van der Waals surface area contributed by atoms with Crippen LogP contribution in [-0.2, 0) is 14.0 Å². The molecule has 0 amide bonds. The van der Waals surface area contributed by atoms with E-state index in [4.69, 9.17) is 20.9 Å². The van der Waals surface area contributed by atoms with Crippen LogP contribution in [0.4, 0.5) is 0 Å². The van der Waals surface area contributed by atoms with Crippen LogP contribution < -0.4 is 4.74 Å². The number of ether oxygens (including phenoxy) is 1. The summed E-state index contributed by atoms with van der Waals surface area (Å²) in [5.41, 5.74) is 0. The Hall–Kier alpha value is -0.470. The lowest BCUT2D eigenvalue weighted by Gasteiger charge is -2.05. The van der Waals surface area contributed by atoms with E-state index in [2.05, 4.69) is 3.63 Å². The van der Waals surface area contributed by atoms with Crippen molar-refractivity contribution in [3.8, 4) is 5.75 Å². The summed E-state index contributed by atoms with van der Waals surface area (Å²) in [6, 6.07) is 6.70. The van der Waals surface area contributed by atoms with Gasteiger partial charge in [0.2, 0.25) is 0 Å². The van der Waals surface area contributed by atoms with Gasteiger partial charge in [-0.25, -0.2) is 0 Å². The molecule has 15 heavy (non-hydrogen) atoms. The fourth-order valence-corrected chi connectivity index (χ4v) is 1.74. The average molecular weight is 271 g/mol. The third kappa shape index (κ3) is 5.24. The maximum absolute atomic E-state index is 10.1. The summed E-state index contributed by atoms with van der Waals surface area (Å²) in [6.45, 7) is 0. The number of benzene rings is 1. The van der Waals surface area contributed by atoms with Gasteiger partial charge >= 0.3 is 10.4 Å². The molecule has 0 saturated heterocycles. The molecule has 8 heteroatoms. The molecule has 1 N–H and O–H groups in total. The normalized spacial score (nSPS) is 11.3. The maximum atomic E-state index is 10.1. The van der Waals surface area contributed by atoms with Crippen LogP contribution in [-0.4, -0.2) is 18.9 Å². The number of hydrogen-bond donors (Lipinski definition) is 1. The Bertz CT molecular complexity index is 419. The molecule has 0 aromatic heterocycles. The van der Waals surface area contributed by atoms with E-state index in [1.54, 1.807) is 24.3 Å². The van der Waals surface area contributed by atoms with Gasteiger partial charge in [-0.15, -0.1) is 0 Å². The minimum Gasteiger partial charge on any atom is -0.479 e. The first-order chi connectivity index (χ1) is 6.99. The van der Waals surface area contributed by atoms with Gasteiger partial charge < -0.3 is 4.74 Å². The van der Waals surface area contributed by atoms with Gasteiger partial charge in [-0.3, -0.25) is 4.55 Å². The molecule has 0 bridgehead atoms. The smallest absolute Gasteiger partial charge is 0.408 e. The van der Waals surface area contributed by atoms with E-state index in [9.17, 15) is 8.42 Å². The first-order valence-corrected chi connectivity index (χ1v) is 6.30. The lowest BCUT2D eigenvalue weighted by Crippen LogP contribution is -2.00. The lowest BCUT2D eigenvalue weighted by atomic mass is 10.3. The molecular formula is C7H7ClO5S2. The molecule has 0 aliphatic rings. The SMILES string of the molecule is O=S(=O)(O)OSCOc1ccccc1Cl. The van der Waals surface area contributed by atoms with Gasteiger partial charge in [0.05, 0.1) is 17.1 Å². The van der Waals surface area contributed by atoms with Crippen molar-refractivity contribution in [2.24, 2.45) is 0 Å². The highest BCUT2D eigenvalue weighted by atomic mass is 35.5. The van der Waals surface area contributed by atoms with E-state index in [0.717, 1.165) is 0 Å². The molecule has 0 unspecified atom stereocenters. The fourth-order valence-electron chi connectivity index (χ4n) is 0.730. The zero-order chi connectivity index (χ0) is 11.3. The lowest BCUT2D eigenvalue weighted by molar-refractivity contribution is 0.373. The van der Waals surface area contributed by atoms with E-state index >= 15 is 0 Å². The van der Waals surface area contributed by atoms with E-state index in [1.165, 1.54) is 0 Å². The predicted molar refractivity (Wildman–Crippen MR) is 57.2 cm³/mol. The molecule has 84 valence electrons. The van der Waals surface area contributed by atoms with Crippen LogP contribution in [0.1, 0.15) is 0 Å². The minimum absolute atomic E-state index is 0.108. The predicted octanol–water partition coefficient (Wildman–Crippen LogP) is 2.14. The van der Waals surface area contributed by atoms with Crippen molar-refractivity contribution in [1.29, 1.82) is 0 Å². The van der Waals surface area contributed by atoms with E-state index < -0.39 is 10.4 Å². The van der Waals surface area contributed by atoms with Gasteiger partial charge in [0.1, 0.15) is 5.75 Å². The summed E-state index contributed by atoms with van der Waals surface area (Å²) in [7, 11) is -4.44. The standard InChI is InChI=1S/C7H7ClO5S2/c8-6-3-1-2-4-7(6)12-5-14-13-15(9,10)11/h1-4H,5H2,(H,9,10,11). The second-order valence-electron chi connectivity index (χ2n) is 2.31. The van der Waals surface area contributed by atoms with Crippen LogP contribution in [0.15, 0.2) is 24.3 Å². The molecule has 0 atom stereocenters. The van der Waals surface area contributed by atoms with Crippen LogP contribution >= 0.6 is 23.6 Å². The van der Waals surface area contributed by atoms with Crippen LogP contribution in [0.3, 0.4) is 0 Å². The Morgan fingerprint density at radius 2 is 2.07 bits per heavy atom. The molecular weight excluding hydrogens is 264 g/mol. The Morgan fingerprint density at radius 1 is 1.40 bits per heavy atom. The average Bonchev–Trinajstić information content (AvgIpc) is 2.13. The van der Waals surface area contributed by atoms with Crippen molar-refractivity contribution in [2.75, 3.05) is 5.94 Å². The minimum atomic E-state index is -4.44. The molecule has 1 aromatic rings. The molecule has 0 spiro atoms. The highest BCUT2D eigenvalue weighted by molar-refractivity contribution is 8.02. The van der Waals surface area contributed by atoms with Crippen LogP contribution in [0.2, 0.25) is 5.02 Å². The van der Waals surface area contributed by atoms with Crippen LogP contribution in [0.5, 0.6) is 5.75 Å². The van der Waals surface area contributed by atoms with Crippen molar-refractivity contribution in [2.45, 2.75) is 0 Å². The largest absolute Gasteiger partial charge is 0.479 e. The Kier molecular flexibility index (Phi) is 4.68. The molecule has 0 aliphatic carbocycles. The van der Waals surface area contributed by atoms with E-state index in [1.807, 2.05) is 0 Å². The second kappa shape index (κ2) is 5.57. The number of hydrogen-bond acceptors (Lipinski definition) is 5. The van der Waals surface area contributed by atoms with Gasteiger partial charge in [0.25, 0.3) is 0 Å². The molecule has 0 fully saturated rings. The maximum Gasteiger partial charge on any atom is 0.408 e. The van der Waals surface area contributed by atoms with E-state index in [-0.39, 0.29) is 5.94 Å². The zero-order valence-electron chi connectivity index (χ0n) is 7.29. The summed E-state index contributed by atoms with van der Waals surface area (Å²) in [5.74, 6) is 0.300. The van der Waals surface area contributed by atoms with Crippen LogP contribution in [0, 0.1) is 0 Å². The van der Waals surface area contributed by atoms with Crippen molar-refractivity contribution >= 4 is 34.0 Å². The Morgan fingerprint density at radius 3 is 2.67 bits per heavy atom. The Labute approximate surface area is 96.5 Å². The van der Waals surface area contributed by atoms with Crippen molar-refractivity contribution < 1.29 is 21.3 Å². The van der Waals surface area contributed by atoms with Gasteiger partial charge in [0, 0.05) is 0 Å². The summed E-state index contributed by atoms with van der Waals surface area (Å²) < 4.78 is 37.5. The highest BCUT2D eigenvalue weighted by Crippen LogP contribution is 2.24. The summed E-state index contributed by atoms with van der Waals surface area (Å²) >= 11 is 6.20. The Balaban J connectivity index is 2.36. The second-order valence-corrected chi connectivity index (χ2v) is 4.58. The van der Waals surface area contributed by atoms with Crippen molar-refractivity contribution in [3.05, 3.63) is 29.3 Å². The highest BCUT2D eigenvalue weighted by Gasteiger charge is 2.06. The molecule has 5 nitrogen and oxygen atoms in total. The molecule has 0 heterocycles. The first-order valence-electron chi connectivity index (χ1n) is 3.65. The molecule has 0 saturated carbocycles. The summed E-state index contributed by atoms with van der Waals surface area (Å²) in [4.78, 5) is 0. The van der Waals surface area contributed by atoms with E-state index in [0.29, 0.717) is 22.8 Å². The molecule has 1 rings (SSSR count). The van der Waals surface area contributed by atoms with Gasteiger partial charge in [-0.05, 0) is 12.1 Å². The van der Waals surface area contributed by atoms with Gasteiger partial charge in [0.15, 0.2) is 5.94 Å². The summed E-state index contributed by atoms with van der Waals surface area (Å²) in [5, 5.41) is 0.407. The van der Waals surface area contributed by atoms with Gasteiger partial charge in [-0.2, -0.15) is 12.0 Å². The fraction of sp³-hybridized carbons (Fsp3) is 0.143. The topological polar surface area (TPSA) is 72.8 Å². The van der Waals surface area contributed by atoms with Gasteiger partial charge in [-0.1, -0.05) is 23.7 Å². The van der Waals surface area contributed by atoms with Crippen molar-refractivity contribution in [1.82, 2.24) is 0 Å². The van der Waals surface area contributed by atoms with Crippen LogP contribution in [0.25, 0.3) is 0 Å². The quantitative estimate of drug-likeness (QED) is 0.382. The number of rotatable bonds is 5. The van der Waals surface area contributed by atoms with Crippen molar-refractivity contribution in [3.63, 3.8) is 0 Å². The first kappa shape index (κ1) is 12.6. The third-order valence-electron chi connectivity index (χ3n) is 1.23. The third-order valence-corrected chi connectivity index (χ3v) is 2.83. The molecule has 0 aliphatic heterocycles.